The zero-order valence-corrected chi connectivity index (χ0v) is 13.2. The number of aryl methyl sites for hydroxylation is 2. The van der Waals surface area contributed by atoms with E-state index in [1.807, 2.05) is 0 Å². The maximum absolute atomic E-state index is 12.0. The van der Waals surface area contributed by atoms with Crippen molar-refractivity contribution in [2.24, 2.45) is 0 Å². The van der Waals surface area contributed by atoms with E-state index in [0.29, 0.717) is 27.8 Å². The zero-order chi connectivity index (χ0) is 16.3. The van der Waals surface area contributed by atoms with Crippen LogP contribution in [0.15, 0.2) is 34.7 Å². The molecule has 0 radical (unpaired) electrons. The number of esters is 1. The molecule has 5 nitrogen and oxygen atoms in total. The van der Waals surface area contributed by atoms with Crippen molar-refractivity contribution >= 4 is 29.2 Å². The summed E-state index contributed by atoms with van der Waals surface area (Å²) in [6, 6.07) is 8.23. The Morgan fingerprint density at radius 3 is 2.41 bits per heavy atom. The van der Waals surface area contributed by atoms with Gasteiger partial charge in [0.15, 0.2) is 6.10 Å². The van der Waals surface area contributed by atoms with Gasteiger partial charge in [-0.1, -0.05) is 11.6 Å². The molecule has 1 atom stereocenters. The van der Waals surface area contributed by atoms with Crippen LogP contribution in [0.2, 0.25) is 5.02 Å². The molecule has 0 unspecified atom stereocenters. The van der Waals surface area contributed by atoms with E-state index < -0.39 is 18.0 Å². The van der Waals surface area contributed by atoms with Crippen LogP contribution in [0.4, 0.5) is 5.69 Å². The largest absolute Gasteiger partial charge is 0.466 e. The van der Waals surface area contributed by atoms with Crippen molar-refractivity contribution in [2.45, 2.75) is 26.9 Å². The average Bonchev–Trinajstić information content (AvgIpc) is 2.80. The average molecular weight is 322 g/mol. The van der Waals surface area contributed by atoms with Gasteiger partial charge < -0.3 is 14.5 Å². The van der Waals surface area contributed by atoms with Gasteiger partial charge in [-0.2, -0.15) is 0 Å². The fourth-order valence-electron chi connectivity index (χ4n) is 1.89. The standard InChI is InChI=1S/C16H16ClNO4/c1-9-8-14(10(2)21-9)16(20)22-11(3)15(19)18-13-6-4-12(17)5-7-13/h4-8,11H,1-3H3,(H,18,19)/t11-/m0/s1. The summed E-state index contributed by atoms with van der Waals surface area (Å²) in [5, 5.41) is 3.22. The number of carbonyl (C=O) groups is 2. The quantitative estimate of drug-likeness (QED) is 0.871. The number of nitrogens with one attached hydrogen (secondary N) is 1. The molecule has 2 aromatic rings. The number of amides is 1. The predicted molar refractivity (Wildman–Crippen MR) is 83.1 cm³/mol. The fourth-order valence-corrected chi connectivity index (χ4v) is 2.01. The Kier molecular flexibility index (Phi) is 4.88. The molecule has 22 heavy (non-hydrogen) atoms. The highest BCUT2D eigenvalue weighted by molar-refractivity contribution is 6.30. The summed E-state index contributed by atoms with van der Waals surface area (Å²) in [5.41, 5.74) is 0.899. The number of hydrogen-bond donors (Lipinski definition) is 1. The van der Waals surface area contributed by atoms with Crippen molar-refractivity contribution in [1.82, 2.24) is 0 Å². The molecule has 1 N–H and O–H groups in total. The van der Waals surface area contributed by atoms with Gasteiger partial charge in [0.25, 0.3) is 5.91 Å². The minimum absolute atomic E-state index is 0.323. The lowest BCUT2D eigenvalue weighted by Crippen LogP contribution is -2.30. The number of rotatable bonds is 4. The molecular formula is C16H16ClNO4. The molecule has 1 amide bonds. The lowest BCUT2D eigenvalue weighted by molar-refractivity contribution is -0.123. The van der Waals surface area contributed by atoms with Gasteiger partial charge >= 0.3 is 5.97 Å². The van der Waals surface area contributed by atoms with Crippen LogP contribution in [0, 0.1) is 13.8 Å². The first-order chi connectivity index (χ1) is 10.4. The Hall–Kier alpha value is -2.27. The van der Waals surface area contributed by atoms with Crippen molar-refractivity contribution in [3.05, 3.63) is 52.4 Å². The molecule has 1 heterocycles. The molecule has 0 fully saturated rings. The highest BCUT2D eigenvalue weighted by atomic mass is 35.5. The van der Waals surface area contributed by atoms with Gasteiger partial charge in [-0.15, -0.1) is 0 Å². The van der Waals surface area contributed by atoms with Crippen molar-refractivity contribution in [3.63, 3.8) is 0 Å². The van der Waals surface area contributed by atoms with Crippen LogP contribution in [0.3, 0.4) is 0 Å². The molecule has 0 spiro atoms. The number of furan rings is 1. The molecule has 0 aliphatic rings. The minimum atomic E-state index is -0.933. The summed E-state index contributed by atoms with van der Waals surface area (Å²) in [7, 11) is 0. The molecule has 116 valence electrons. The number of ether oxygens (including phenoxy) is 1. The summed E-state index contributed by atoms with van der Waals surface area (Å²) >= 11 is 5.77. The Balaban J connectivity index is 1.97. The Morgan fingerprint density at radius 2 is 1.86 bits per heavy atom. The van der Waals surface area contributed by atoms with Crippen molar-refractivity contribution in [2.75, 3.05) is 5.32 Å². The summed E-state index contributed by atoms with van der Waals surface area (Å²) in [5.74, 6) is 0.0668. The Bertz CT molecular complexity index is 691. The first kappa shape index (κ1) is 16.1. The normalized spacial score (nSPS) is 11.8. The van der Waals surface area contributed by atoms with Gasteiger partial charge in [0, 0.05) is 10.7 Å². The minimum Gasteiger partial charge on any atom is -0.466 e. The van der Waals surface area contributed by atoms with E-state index in [1.54, 1.807) is 44.2 Å². The van der Waals surface area contributed by atoms with Gasteiger partial charge in [0.2, 0.25) is 0 Å². The number of hydrogen-bond acceptors (Lipinski definition) is 4. The van der Waals surface area contributed by atoms with Gasteiger partial charge in [-0.25, -0.2) is 4.79 Å². The Morgan fingerprint density at radius 1 is 1.23 bits per heavy atom. The second-order valence-corrected chi connectivity index (χ2v) is 5.31. The molecule has 1 aromatic carbocycles. The molecular weight excluding hydrogens is 306 g/mol. The van der Waals surface area contributed by atoms with Gasteiger partial charge in [0.05, 0.1) is 0 Å². The first-order valence-corrected chi connectivity index (χ1v) is 7.09. The maximum atomic E-state index is 12.0. The number of anilines is 1. The molecule has 2 rings (SSSR count). The molecule has 6 heteroatoms. The lowest BCUT2D eigenvalue weighted by Gasteiger charge is -2.13. The third-order valence-corrected chi connectivity index (χ3v) is 3.28. The van der Waals surface area contributed by atoms with Crippen LogP contribution in [-0.2, 0) is 9.53 Å². The third kappa shape index (κ3) is 3.89. The van der Waals surface area contributed by atoms with Crippen molar-refractivity contribution in [3.8, 4) is 0 Å². The van der Waals surface area contributed by atoms with Crippen molar-refractivity contribution < 1.29 is 18.7 Å². The van der Waals surface area contributed by atoms with E-state index in [0.717, 1.165) is 0 Å². The van der Waals surface area contributed by atoms with Crippen LogP contribution in [-0.4, -0.2) is 18.0 Å². The summed E-state index contributed by atoms with van der Waals surface area (Å²) in [6.45, 7) is 4.91. The van der Waals surface area contributed by atoms with Gasteiger partial charge in [0.1, 0.15) is 17.1 Å². The summed E-state index contributed by atoms with van der Waals surface area (Å²) in [6.07, 6.45) is -0.933. The molecule has 0 aliphatic heterocycles. The summed E-state index contributed by atoms with van der Waals surface area (Å²) < 4.78 is 10.4. The van der Waals surface area contributed by atoms with E-state index in [2.05, 4.69) is 5.32 Å². The van der Waals surface area contributed by atoms with Crippen LogP contribution in [0.25, 0.3) is 0 Å². The van der Waals surface area contributed by atoms with Crippen LogP contribution in [0.5, 0.6) is 0 Å². The lowest BCUT2D eigenvalue weighted by atomic mass is 10.2. The topological polar surface area (TPSA) is 68.5 Å². The van der Waals surface area contributed by atoms with E-state index in [9.17, 15) is 9.59 Å². The number of carbonyl (C=O) groups excluding carboxylic acids is 2. The highest BCUT2D eigenvalue weighted by Crippen LogP contribution is 2.17. The van der Waals surface area contributed by atoms with Crippen LogP contribution < -0.4 is 5.32 Å². The second kappa shape index (κ2) is 6.66. The molecule has 1 aromatic heterocycles. The first-order valence-electron chi connectivity index (χ1n) is 6.71. The molecule has 0 saturated carbocycles. The SMILES string of the molecule is Cc1cc(C(=O)O[C@@H](C)C(=O)Nc2ccc(Cl)cc2)c(C)o1. The van der Waals surface area contributed by atoms with Crippen LogP contribution >= 0.6 is 11.6 Å². The zero-order valence-electron chi connectivity index (χ0n) is 12.5. The highest BCUT2D eigenvalue weighted by Gasteiger charge is 2.22. The van der Waals surface area contributed by atoms with Gasteiger partial charge in [-0.3, -0.25) is 4.79 Å². The van der Waals surface area contributed by atoms with Crippen molar-refractivity contribution in [1.29, 1.82) is 0 Å². The van der Waals surface area contributed by atoms with Gasteiger partial charge in [-0.05, 0) is 51.1 Å². The number of halogens is 1. The summed E-state index contributed by atoms with van der Waals surface area (Å²) in [4.78, 5) is 24.0. The van der Waals surface area contributed by atoms with E-state index in [-0.39, 0.29) is 0 Å². The van der Waals surface area contributed by atoms with E-state index in [1.165, 1.54) is 6.92 Å². The third-order valence-electron chi connectivity index (χ3n) is 3.03. The molecule has 0 aliphatic carbocycles. The predicted octanol–water partition coefficient (Wildman–Crippen LogP) is 3.73. The number of benzene rings is 1. The molecule has 0 saturated heterocycles. The fraction of sp³-hybridized carbons (Fsp3) is 0.250. The van der Waals surface area contributed by atoms with E-state index in [4.69, 9.17) is 20.8 Å². The maximum Gasteiger partial charge on any atom is 0.342 e. The second-order valence-electron chi connectivity index (χ2n) is 4.87. The monoisotopic (exact) mass is 321 g/mol. The smallest absolute Gasteiger partial charge is 0.342 e. The van der Waals surface area contributed by atoms with Crippen LogP contribution in [0.1, 0.15) is 28.8 Å². The Labute approximate surface area is 133 Å². The molecule has 0 bridgehead atoms. The van der Waals surface area contributed by atoms with E-state index >= 15 is 0 Å².